The van der Waals surface area contributed by atoms with E-state index in [2.05, 4.69) is 25.8 Å². The number of hydrogen-bond donors (Lipinski definition) is 4. The molecular formula is C32H50N8O5. The Kier molecular flexibility index (Phi) is 13.8. The number of amides is 4. The molecule has 1 fully saturated rings. The van der Waals surface area contributed by atoms with Crippen molar-refractivity contribution in [2.24, 2.45) is 11.7 Å². The van der Waals surface area contributed by atoms with Crippen LogP contribution in [0, 0.1) is 5.92 Å². The minimum Gasteiger partial charge on any atom is -0.368 e. The lowest BCUT2D eigenvalue weighted by Crippen LogP contribution is -2.58. The summed E-state index contributed by atoms with van der Waals surface area (Å²) < 4.78 is 1.28. The van der Waals surface area contributed by atoms with Crippen LogP contribution in [0.15, 0.2) is 29.3 Å². The van der Waals surface area contributed by atoms with Gasteiger partial charge in [0.25, 0.3) is 5.56 Å². The number of carbonyl (C=O) groups excluding carboxylic acids is 4. The molecule has 0 spiro atoms. The van der Waals surface area contributed by atoms with Crippen molar-refractivity contribution in [3.8, 4) is 0 Å². The SMILES string of the molecule is CCCCC(=O)N[C@H](C(=O)N[C@@H](CCCCN)C(=O)N1CCN(c2ccc3ncn(CC(=O)NC)c(=O)c3c2)CC1)[C@@H](C)CC. The Bertz CT molecular complexity index is 1370. The molecule has 2 heterocycles. The standard InChI is InChI=1S/C32H50N8O5/c1-5-7-11-27(41)37-29(22(3)6-2)30(43)36-26(10-8-9-14-33)32(45)39-17-15-38(16-18-39)23-12-13-25-24(19-23)31(44)40(21-35-25)20-28(42)34-4/h12-13,19,21-22,26,29H,5-11,14-18,20,33H2,1-4H3,(H,34,42)(H,36,43)(H,37,41)/t22-,26-,29-/m0/s1. The maximum Gasteiger partial charge on any atom is 0.261 e. The van der Waals surface area contributed by atoms with Gasteiger partial charge in [-0.15, -0.1) is 0 Å². The Morgan fingerprint density at radius 2 is 1.73 bits per heavy atom. The van der Waals surface area contributed by atoms with Gasteiger partial charge >= 0.3 is 0 Å². The number of nitrogens with zero attached hydrogens (tertiary/aromatic N) is 4. The fourth-order valence-electron chi connectivity index (χ4n) is 5.39. The predicted molar refractivity (Wildman–Crippen MR) is 175 cm³/mol. The van der Waals surface area contributed by atoms with Crippen LogP contribution in [-0.4, -0.2) is 89.9 Å². The van der Waals surface area contributed by atoms with Crippen LogP contribution in [0.5, 0.6) is 0 Å². The Labute approximate surface area is 265 Å². The van der Waals surface area contributed by atoms with E-state index in [0.717, 1.165) is 24.9 Å². The molecule has 0 aliphatic carbocycles. The third-order valence-electron chi connectivity index (χ3n) is 8.49. The van der Waals surface area contributed by atoms with Crippen molar-refractivity contribution < 1.29 is 19.2 Å². The first-order valence-electron chi connectivity index (χ1n) is 16.2. The highest BCUT2D eigenvalue weighted by Gasteiger charge is 2.32. The number of benzene rings is 1. The number of piperazine rings is 1. The van der Waals surface area contributed by atoms with Crippen LogP contribution < -0.4 is 32.1 Å². The predicted octanol–water partition coefficient (Wildman–Crippen LogP) is 1.13. The van der Waals surface area contributed by atoms with Crippen molar-refractivity contribution in [1.29, 1.82) is 0 Å². The highest BCUT2D eigenvalue weighted by molar-refractivity contribution is 5.92. The lowest BCUT2D eigenvalue weighted by atomic mass is 9.97. The Morgan fingerprint density at radius 1 is 1.00 bits per heavy atom. The number of likely N-dealkylation sites (N-methyl/N-ethyl adjacent to an activating group) is 1. The Morgan fingerprint density at radius 3 is 2.38 bits per heavy atom. The number of hydrogen-bond acceptors (Lipinski definition) is 8. The zero-order valence-corrected chi connectivity index (χ0v) is 27.1. The molecule has 1 aromatic heterocycles. The summed E-state index contributed by atoms with van der Waals surface area (Å²) in [6, 6.07) is 4.02. The molecule has 4 amide bonds. The largest absolute Gasteiger partial charge is 0.368 e. The third-order valence-corrected chi connectivity index (χ3v) is 8.49. The highest BCUT2D eigenvalue weighted by atomic mass is 16.2. The van der Waals surface area contributed by atoms with E-state index in [1.165, 1.54) is 17.9 Å². The summed E-state index contributed by atoms with van der Waals surface area (Å²) in [7, 11) is 1.51. The molecule has 1 aromatic carbocycles. The van der Waals surface area contributed by atoms with Gasteiger partial charge in [-0.05, 0) is 56.3 Å². The van der Waals surface area contributed by atoms with E-state index in [4.69, 9.17) is 5.73 Å². The number of unbranched alkanes of at least 4 members (excludes halogenated alkanes) is 2. The van der Waals surface area contributed by atoms with E-state index in [1.807, 2.05) is 26.8 Å². The van der Waals surface area contributed by atoms with E-state index in [9.17, 15) is 24.0 Å². The summed E-state index contributed by atoms with van der Waals surface area (Å²) in [5.41, 5.74) is 6.78. The van der Waals surface area contributed by atoms with Gasteiger partial charge in [0, 0.05) is 45.3 Å². The van der Waals surface area contributed by atoms with Crippen LogP contribution in [0.3, 0.4) is 0 Å². The molecule has 1 aliphatic heterocycles. The van der Waals surface area contributed by atoms with E-state index >= 15 is 0 Å². The monoisotopic (exact) mass is 626 g/mol. The summed E-state index contributed by atoms with van der Waals surface area (Å²) >= 11 is 0. The van der Waals surface area contributed by atoms with E-state index in [0.29, 0.717) is 69.3 Å². The Balaban J connectivity index is 1.71. The smallest absolute Gasteiger partial charge is 0.261 e. The minimum atomic E-state index is -0.722. The lowest BCUT2D eigenvalue weighted by molar-refractivity contribution is -0.138. The van der Waals surface area contributed by atoms with Gasteiger partial charge in [0.15, 0.2) is 0 Å². The molecule has 3 atom stereocenters. The number of nitrogens with one attached hydrogen (secondary N) is 3. The van der Waals surface area contributed by atoms with Crippen LogP contribution in [0.25, 0.3) is 10.9 Å². The summed E-state index contributed by atoms with van der Waals surface area (Å²) in [4.78, 5) is 72.8. The first kappa shape index (κ1) is 35.5. The third kappa shape index (κ3) is 9.74. The molecule has 0 bridgehead atoms. The molecule has 13 nitrogen and oxygen atoms in total. The molecule has 0 radical (unpaired) electrons. The maximum absolute atomic E-state index is 13.8. The summed E-state index contributed by atoms with van der Waals surface area (Å²) in [5.74, 6) is -1.04. The molecule has 1 aliphatic rings. The average molecular weight is 627 g/mol. The van der Waals surface area contributed by atoms with Crippen LogP contribution in [0.1, 0.15) is 65.7 Å². The van der Waals surface area contributed by atoms with Crippen molar-refractivity contribution in [2.45, 2.75) is 84.3 Å². The van der Waals surface area contributed by atoms with Gasteiger partial charge in [-0.25, -0.2) is 4.98 Å². The van der Waals surface area contributed by atoms with E-state index in [1.54, 1.807) is 17.0 Å². The van der Waals surface area contributed by atoms with Gasteiger partial charge in [0.1, 0.15) is 18.6 Å². The minimum absolute atomic E-state index is 0.0935. The van der Waals surface area contributed by atoms with Crippen LogP contribution in [0.2, 0.25) is 0 Å². The van der Waals surface area contributed by atoms with Crippen molar-refractivity contribution in [2.75, 3.05) is 44.7 Å². The number of aromatic nitrogens is 2. The topological polar surface area (TPSA) is 172 Å². The second-order valence-electron chi connectivity index (χ2n) is 11.7. The van der Waals surface area contributed by atoms with Crippen molar-refractivity contribution in [3.05, 3.63) is 34.9 Å². The zero-order valence-electron chi connectivity index (χ0n) is 27.1. The second-order valence-corrected chi connectivity index (χ2v) is 11.7. The summed E-state index contributed by atoms with van der Waals surface area (Å²) in [6.45, 7) is 8.24. The second kappa shape index (κ2) is 17.5. The van der Waals surface area contributed by atoms with E-state index in [-0.39, 0.29) is 41.7 Å². The summed E-state index contributed by atoms with van der Waals surface area (Å²) in [5, 5.41) is 8.80. The zero-order chi connectivity index (χ0) is 32.9. The molecule has 2 aromatic rings. The number of carbonyl (C=O) groups is 4. The normalized spacial score (nSPS) is 15.3. The molecule has 13 heteroatoms. The van der Waals surface area contributed by atoms with Crippen LogP contribution in [-0.2, 0) is 25.7 Å². The Hall–Kier alpha value is -4.00. The van der Waals surface area contributed by atoms with Gasteiger partial charge in [-0.1, -0.05) is 33.6 Å². The summed E-state index contributed by atoms with van der Waals surface area (Å²) in [6.07, 6.45) is 5.95. The lowest BCUT2D eigenvalue weighted by Gasteiger charge is -2.38. The van der Waals surface area contributed by atoms with Crippen molar-refractivity contribution in [1.82, 2.24) is 30.4 Å². The molecule has 248 valence electrons. The quantitative estimate of drug-likeness (QED) is 0.201. The van der Waals surface area contributed by atoms with Gasteiger partial charge in [-0.2, -0.15) is 0 Å². The average Bonchev–Trinajstić information content (AvgIpc) is 3.06. The molecule has 5 N–H and O–H groups in total. The van der Waals surface area contributed by atoms with Gasteiger partial charge in [0.05, 0.1) is 17.2 Å². The van der Waals surface area contributed by atoms with Gasteiger partial charge in [-0.3, -0.25) is 28.5 Å². The fourth-order valence-corrected chi connectivity index (χ4v) is 5.39. The molecule has 45 heavy (non-hydrogen) atoms. The fraction of sp³-hybridized carbons (Fsp3) is 0.625. The van der Waals surface area contributed by atoms with Crippen molar-refractivity contribution in [3.63, 3.8) is 0 Å². The molecule has 0 saturated carbocycles. The molecule has 0 unspecified atom stereocenters. The van der Waals surface area contributed by atoms with Gasteiger partial charge < -0.3 is 31.5 Å². The van der Waals surface area contributed by atoms with Crippen molar-refractivity contribution >= 4 is 40.2 Å². The molecule has 3 rings (SSSR count). The maximum atomic E-state index is 13.8. The number of nitrogens with two attached hydrogens (primary N) is 1. The van der Waals surface area contributed by atoms with E-state index < -0.39 is 12.1 Å². The highest BCUT2D eigenvalue weighted by Crippen LogP contribution is 2.21. The number of fused-ring (bicyclic) bond motifs is 1. The van der Waals surface area contributed by atoms with Crippen LogP contribution in [0.4, 0.5) is 5.69 Å². The van der Waals surface area contributed by atoms with Gasteiger partial charge in [0.2, 0.25) is 23.6 Å². The molecule has 1 saturated heterocycles. The first-order valence-corrected chi connectivity index (χ1v) is 16.2. The van der Waals surface area contributed by atoms with Crippen LogP contribution >= 0.6 is 0 Å². The first-order chi connectivity index (χ1) is 21.6. The molecular weight excluding hydrogens is 576 g/mol. The number of anilines is 1. The number of rotatable bonds is 16.